The average Bonchev–Trinajstić information content (AvgIpc) is 2.37. The molecule has 1 heterocycles. The van der Waals surface area contributed by atoms with E-state index in [1.165, 1.54) is 0 Å². The van der Waals surface area contributed by atoms with Crippen molar-refractivity contribution in [3.63, 3.8) is 0 Å². The first-order chi connectivity index (χ1) is 9.04. The summed E-state index contributed by atoms with van der Waals surface area (Å²) in [4.78, 5) is 11.9. The van der Waals surface area contributed by atoms with E-state index in [2.05, 4.69) is 5.10 Å². The largest absolute Gasteiger partial charge is 0.506 e. The zero-order chi connectivity index (χ0) is 14.0. The highest BCUT2D eigenvalue weighted by Gasteiger charge is 2.11. The Balaban J connectivity index is 2.69. The van der Waals surface area contributed by atoms with Gasteiger partial charge in [-0.25, -0.2) is 0 Å². The third-order valence-corrected chi connectivity index (χ3v) is 3.11. The van der Waals surface area contributed by atoms with E-state index in [0.29, 0.717) is 16.3 Å². The molecule has 0 unspecified atom stereocenters. The standard InChI is InChI=1S/C13H10ClN3O2/c1-8-9(14)3-2-4-11(8)17-13(19)7-12(18)10(16-17)5-6-15/h2-4,7,18H,5H2,1H3. The Morgan fingerprint density at radius 3 is 2.95 bits per heavy atom. The molecular formula is C13H10ClN3O2. The molecule has 0 saturated carbocycles. The lowest BCUT2D eigenvalue weighted by Gasteiger charge is -2.10. The van der Waals surface area contributed by atoms with Crippen molar-refractivity contribution in [2.75, 3.05) is 0 Å². The fourth-order valence-electron chi connectivity index (χ4n) is 1.68. The minimum absolute atomic E-state index is 0.0777. The number of benzene rings is 1. The molecule has 5 nitrogen and oxygen atoms in total. The van der Waals surface area contributed by atoms with Gasteiger partial charge in [0.15, 0.2) is 0 Å². The van der Waals surface area contributed by atoms with Crippen LogP contribution in [0.4, 0.5) is 0 Å². The molecule has 1 aromatic carbocycles. The topological polar surface area (TPSA) is 78.9 Å². The van der Waals surface area contributed by atoms with Crippen molar-refractivity contribution in [1.82, 2.24) is 9.78 Å². The van der Waals surface area contributed by atoms with Crippen LogP contribution >= 0.6 is 11.6 Å². The summed E-state index contributed by atoms with van der Waals surface area (Å²) < 4.78 is 1.13. The lowest BCUT2D eigenvalue weighted by molar-refractivity contribution is 0.459. The van der Waals surface area contributed by atoms with Crippen LogP contribution in [0.3, 0.4) is 0 Å². The van der Waals surface area contributed by atoms with Crippen LogP contribution in [0.1, 0.15) is 11.3 Å². The van der Waals surface area contributed by atoms with E-state index in [0.717, 1.165) is 10.7 Å². The Bertz CT molecular complexity index is 732. The molecule has 2 rings (SSSR count). The molecule has 2 aromatic rings. The Kier molecular flexibility index (Phi) is 3.54. The lowest BCUT2D eigenvalue weighted by atomic mass is 10.2. The van der Waals surface area contributed by atoms with Gasteiger partial charge in [-0.05, 0) is 24.6 Å². The van der Waals surface area contributed by atoms with Gasteiger partial charge in [0.1, 0.15) is 11.4 Å². The van der Waals surface area contributed by atoms with Crippen molar-refractivity contribution in [3.05, 3.63) is 50.9 Å². The quantitative estimate of drug-likeness (QED) is 0.909. The highest BCUT2D eigenvalue weighted by Crippen LogP contribution is 2.21. The Morgan fingerprint density at radius 1 is 1.53 bits per heavy atom. The number of aromatic nitrogens is 2. The van der Waals surface area contributed by atoms with Gasteiger partial charge in [-0.1, -0.05) is 17.7 Å². The second-order valence-electron chi connectivity index (χ2n) is 3.95. The average molecular weight is 276 g/mol. The molecule has 0 spiro atoms. The zero-order valence-electron chi connectivity index (χ0n) is 10.1. The molecule has 1 aromatic heterocycles. The van der Waals surface area contributed by atoms with Crippen molar-refractivity contribution in [2.45, 2.75) is 13.3 Å². The van der Waals surface area contributed by atoms with Crippen LogP contribution in [-0.2, 0) is 6.42 Å². The van der Waals surface area contributed by atoms with E-state index < -0.39 is 5.56 Å². The SMILES string of the molecule is Cc1c(Cl)cccc1-n1nc(CC#N)c(O)cc1=O. The first kappa shape index (κ1) is 13.1. The Hall–Kier alpha value is -2.32. The molecule has 0 saturated heterocycles. The third kappa shape index (κ3) is 2.44. The van der Waals surface area contributed by atoms with Gasteiger partial charge in [-0.15, -0.1) is 0 Å². The maximum atomic E-state index is 11.9. The monoisotopic (exact) mass is 275 g/mol. The van der Waals surface area contributed by atoms with Crippen LogP contribution in [0.25, 0.3) is 5.69 Å². The van der Waals surface area contributed by atoms with E-state index in [1.807, 2.05) is 6.07 Å². The van der Waals surface area contributed by atoms with Gasteiger partial charge in [-0.2, -0.15) is 15.0 Å². The molecule has 96 valence electrons. The number of hydrogen-bond donors (Lipinski definition) is 1. The summed E-state index contributed by atoms with van der Waals surface area (Å²) in [6.45, 7) is 1.77. The van der Waals surface area contributed by atoms with Gasteiger partial charge in [-0.3, -0.25) is 4.79 Å². The minimum atomic E-state index is -0.482. The molecule has 0 aliphatic rings. The van der Waals surface area contributed by atoms with Gasteiger partial charge < -0.3 is 5.11 Å². The first-order valence-corrected chi connectivity index (χ1v) is 5.87. The van der Waals surface area contributed by atoms with Crippen LogP contribution in [0, 0.1) is 18.3 Å². The van der Waals surface area contributed by atoms with Crippen molar-refractivity contribution in [1.29, 1.82) is 5.26 Å². The highest BCUT2D eigenvalue weighted by molar-refractivity contribution is 6.31. The molecule has 0 atom stereocenters. The predicted molar refractivity (Wildman–Crippen MR) is 70.6 cm³/mol. The molecule has 6 heteroatoms. The van der Waals surface area contributed by atoms with Gasteiger partial charge >= 0.3 is 0 Å². The second-order valence-corrected chi connectivity index (χ2v) is 4.35. The molecule has 1 N–H and O–H groups in total. The van der Waals surface area contributed by atoms with Crippen LogP contribution in [0.2, 0.25) is 5.02 Å². The van der Waals surface area contributed by atoms with Gasteiger partial charge in [0.05, 0.1) is 18.2 Å². The normalized spacial score (nSPS) is 10.2. The van der Waals surface area contributed by atoms with E-state index in [1.54, 1.807) is 25.1 Å². The number of aromatic hydroxyl groups is 1. The maximum absolute atomic E-state index is 11.9. The molecule has 0 fully saturated rings. The first-order valence-electron chi connectivity index (χ1n) is 5.49. The number of nitriles is 1. The summed E-state index contributed by atoms with van der Waals surface area (Å²) in [6, 6.07) is 8.04. The predicted octanol–water partition coefficient (Wildman–Crippen LogP) is 1.97. The van der Waals surface area contributed by atoms with Crippen LogP contribution in [0.5, 0.6) is 5.75 Å². The smallest absolute Gasteiger partial charge is 0.275 e. The summed E-state index contributed by atoms with van der Waals surface area (Å²) in [5.74, 6) is -0.275. The van der Waals surface area contributed by atoms with Gasteiger partial charge in [0.2, 0.25) is 0 Å². The molecule has 0 bridgehead atoms. The maximum Gasteiger partial charge on any atom is 0.275 e. The number of hydrogen-bond acceptors (Lipinski definition) is 4. The third-order valence-electron chi connectivity index (χ3n) is 2.70. The summed E-state index contributed by atoms with van der Waals surface area (Å²) in [5.41, 5.74) is 0.898. The summed E-state index contributed by atoms with van der Waals surface area (Å²) in [6.07, 6.45) is -0.0777. The van der Waals surface area contributed by atoms with Crippen molar-refractivity contribution < 1.29 is 5.11 Å². The molecular weight excluding hydrogens is 266 g/mol. The van der Waals surface area contributed by atoms with Gasteiger partial charge in [0, 0.05) is 11.1 Å². The lowest BCUT2D eigenvalue weighted by Crippen LogP contribution is -2.22. The van der Waals surface area contributed by atoms with E-state index in [4.69, 9.17) is 16.9 Å². The fraction of sp³-hybridized carbons (Fsp3) is 0.154. The summed E-state index contributed by atoms with van der Waals surface area (Å²) >= 11 is 6.00. The van der Waals surface area contributed by atoms with Crippen molar-refractivity contribution in [3.8, 4) is 17.5 Å². The number of halogens is 1. The zero-order valence-corrected chi connectivity index (χ0v) is 10.8. The summed E-state index contributed by atoms with van der Waals surface area (Å²) in [7, 11) is 0. The Morgan fingerprint density at radius 2 is 2.26 bits per heavy atom. The van der Waals surface area contributed by atoms with Gasteiger partial charge in [0.25, 0.3) is 5.56 Å². The second kappa shape index (κ2) is 5.12. The van der Waals surface area contributed by atoms with Crippen molar-refractivity contribution >= 4 is 11.6 Å². The fourth-order valence-corrected chi connectivity index (χ4v) is 1.85. The van der Waals surface area contributed by atoms with E-state index >= 15 is 0 Å². The highest BCUT2D eigenvalue weighted by atomic mass is 35.5. The van der Waals surface area contributed by atoms with Crippen molar-refractivity contribution in [2.24, 2.45) is 0 Å². The number of nitrogens with zero attached hydrogens (tertiary/aromatic N) is 3. The van der Waals surface area contributed by atoms with Crippen LogP contribution < -0.4 is 5.56 Å². The molecule has 0 aliphatic carbocycles. The number of rotatable bonds is 2. The van der Waals surface area contributed by atoms with E-state index in [-0.39, 0.29) is 17.9 Å². The minimum Gasteiger partial charge on any atom is -0.506 e. The Labute approximate surface area is 114 Å². The molecule has 0 amide bonds. The molecule has 0 aliphatic heterocycles. The van der Waals surface area contributed by atoms with Crippen LogP contribution in [-0.4, -0.2) is 14.9 Å². The molecule has 0 radical (unpaired) electrons. The summed E-state index contributed by atoms with van der Waals surface area (Å²) in [5, 5.41) is 22.8. The molecule has 19 heavy (non-hydrogen) atoms. The van der Waals surface area contributed by atoms with E-state index in [9.17, 15) is 9.90 Å². The van der Waals surface area contributed by atoms with Crippen LogP contribution in [0.15, 0.2) is 29.1 Å².